The molecule has 0 bridgehead atoms. The Morgan fingerprint density at radius 3 is 2.69 bits per heavy atom. The number of pyridine rings is 1. The van der Waals surface area contributed by atoms with Crippen LogP contribution < -0.4 is 26.0 Å². The van der Waals surface area contributed by atoms with Gasteiger partial charge in [0, 0.05) is 36.0 Å². The number of nitrogens with one attached hydrogen (secondary N) is 2. The van der Waals surface area contributed by atoms with Gasteiger partial charge in [0.2, 0.25) is 0 Å². The molecule has 4 rings (SSSR count). The number of hydrogen-bond acceptors (Lipinski definition) is 5. The second-order valence-corrected chi connectivity index (χ2v) is 8.23. The maximum absolute atomic E-state index is 13.0. The molecule has 2 aromatic carbocycles. The summed E-state index contributed by atoms with van der Waals surface area (Å²) in [4.78, 5) is 30.6. The van der Waals surface area contributed by atoms with Crippen molar-refractivity contribution in [1.29, 1.82) is 0 Å². The number of nitrogens with zero attached hydrogens (tertiary/aromatic N) is 2. The lowest BCUT2D eigenvalue weighted by Gasteiger charge is -2.21. The molecule has 1 fully saturated rings. The molecule has 8 nitrogen and oxygen atoms in total. The van der Waals surface area contributed by atoms with Crippen molar-refractivity contribution < 1.29 is 14.3 Å². The third-order valence-electron chi connectivity index (χ3n) is 5.33. The number of hydrogen-bond donors (Lipinski definition) is 3. The fourth-order valence-corrected chi connectivity index (χ4v) is 3.71. The van der Waals surface area contributed by atoms with E-state index in [4.69, 9.17) is 10.5 Å². The van der Waals surface area contributed by atoms with Crippen molar-refractivity contribution in [2.75, 3.05) is 29.0 Å². The highest BCUT2D eigenvalue weighted by molar-refractivity contribution is 5.96. The van der Waals surface area contributed by atoms with Crippen LogP contribution in [0.4, 0.5) is 22.0 Å². The number of nitrogens with two attached hydrogens (primary N) is 1. The van der Waals surface area contributed by atoms with Gasteiger partial charge in [-0.25, -0.2) is 9.78 Å². The molecule has 1 saturated heterocycles. The third-order valence-corrected chi connectivity index (χ3v) is 5.33. The quantitative estimate of drug-likeness (QED) is 0.525. The van der Waals surface area contributed by atoms with Gasteiger partial charge in [-0.2, -0.15) is 0 Å². The van der Waals surface area contributed by atoms with Gasteiger partial charge in [-0.15, -0.1) is 0 Å². The molecule has 3 aromatic rings. The van der Waals surface area contributed by atoms with Crippen LogP contribution in [0.15, 0.2) is 54.7 Å². The largest absolute Gasteiger partial charge is 0.481 e. The molecule has 3 amide bonds. The van der Waals surface area contributed by atoms with Crippen LogP contribution in [0.3, 0.4) is 0 Å². The van der Waals surface area contributed by atoms with Gasteiger partial charge in [0.1, 0.15) is 11.6 Å². The predicted molar refractivity (Wildman–Crippen MR) is 126 cm³/mol. The number of benzene rings is 2. The van der Waals surface area contributed by atoms with Crippen molar-refractivity contribution in [3.8, 4) is 5.75 Å². The normalized spacial score (nSPS) is 14.5. The summed E-state index contributed by atoms with van der Waals surface area (Å²) < 4.78 is 6.08. The molecule has 0 aliphatic carbocycles. The molecule has 1 aromatic heterocycles. The summed E-state index contributed by atoms with van der Waals surface area (Å²) in [6, 6.07) is 14.5. The number of nitrogen functional groups attached to an aromatic ring is 1. The SMILES string of the molecule is CC(C)CC(Oc1ccc2ccnc(N)c2c1)C(=O)Nc1ccc(N2CCNC2=O)cc1. The Labute approximate surface area is 186 Å². The van der Waals surface area contributed by atoms with E-state index in [0.717, 1.165) is 16.5 Å². The van der Waals surface area contributed by atoms with Gasteiger partial charge in [0.05, 0.1) is 0 Å². The monoisotopic (exact) mass is 433 g/mol. The van der Waals surface area contributed by atoms with Crippen LogP contribution in [0.2, 0.25) is 0 Å². The molecular weight excluding hydrogens is 406 g/mol. The van der Waals surface area contributed by atoms with E-state index in [2.05, 4.69) is 15.6 Å². The molecule has 0 saturated carbocycles. The molecular formula is C24H27N5O3. The number of carbonyl (C=O) groups is 2. The van der Waals surface area contributed by atoms with E-state index >= 15 is 0 Å². The summed E-state index contributed by atoms with van der Waals surface area (Å²) in [6.45, 7) is 5.34. The van der Waals surface area contributed by atoms with Crippen molar-refractivity contribution in [2.24, 2.45) is 5.92 Å². The number of anilines is 3. The van der Waals surface area contributed by atoms with Crippen molar-refractivity contribution in [3.05, 3.63) is 54.7 Å². The van der Waals surface area contributed by atoms with Gasteiger partial charge in [-0.05, 0) is 60.2 Å². The highest BCUT2D eigenvalue weighted by Gasteiger charge is 2.23. The van der Waals surface area contributed by atoms with Gasteiger partial charge in [-0.3, -0.25) is 9.69 Å². The summed E-state index contributed by atoms with van der Waals surface area (Å²) in [5, 5.41) is 7.45. The molecule has 32 heavy (non-hydrogen) atoms. The van der Waals surface area contributed by atoms with Crippen LogP contribution in [0.1, 0.15) is 20.3 Å². The molecule has 0 radical (unpaired) electrons. The number of aromatic nitrogens is 1. The maximum Gasteiger partial charge on any atom is 0.321 e. The highest BCUT2D eigenvalue weighted by Crippen LogP contribution is 2.26. The number of urea groups is 1. The molecule has 4 N–H and O–H groups in total. The molecule has 1 atom stereocenters. The van der Waals surface area contributed by atoms with Crippen molar-refractivity contribution in [3.63, 3.8) is 0 Å². The fraction of sp³-hybridized carbons (Fsp3) is 0.292. The van der Waals surface area contributed by atoms with Crippen LogP contribution in [0.25, 0.3) is 10.8 Å². The summed E-state index contributed by atoms with van der Waals surface area (Å²) >= 11 is 0. The Morgan fingerprint density at radius 1 is 1.22 bits per heavy atom. The van der Waals surface area contributed by atoms with E-state index < -0.39 is 6.10 Å². The molecule has 166 valence electrons. The zero-order valence-corrected chi connectivity index (χ0v) is 18.2. The van der Waals surface area contributed by atoms with Gasteiger partial charge in [-0.1, -0.05) is 19.9 Å². The first-order valence-corrected chi connectivity index (χ1v) is 10.7. The first-order chi connectivity index (χ1) is 15.4. The Kier molecular flexibility index (Phi) is 6.11. The average Bonchev–Trinajstić information content (AvgIpc) is 3.20. The number of carbonyl (C=O) groups excluding carboxylic acids is 2. The topological polar surface area (TPSA) is 110 Å². The van der Waals surface area contributed by atoms with Gasteiger partial charge >= 0.3 is 6.03 Å². The van der Waals surface area contributed by atoms with Gasteiger partial charge in [0.25, 0.3) is 5.91 Å². The minimum Gasteiger partial charge on any atom is -0.481 e. The first kappa shape index (κ1) is 21.4. The summed E-state index contributed by atoms with van der Waals surface area (Å²) in [6.07, 6.45) is 1.54. The van der Waals surface area contributed by atoms with Crippen LogP contribution in [-0.2, 0) is 4.79 Å². The first-order valence-electron chi connectivity index (χ1n) is 10.7. The summed E-state index contributed by atoms with van der Waals surface area (Å²) in [5.74, 6) is 1.01. The highest BCUT2D eigenvalue weighted by atomic mass is 16.5. The minimum absolute atomic E-state index is 0.113. The lowest BCUT2D eigenvalue weighted by atomic mass is 10.0. The zero-order valence-electron chi connectivity index (χ0n) is 18.2. The van der Waals surface area contributed by atoms with Crippen LogP contribution in [-0.4, -0.2) is 36.1 Å². The third kappa shape index (κ3) is 4.74. The predicted octanol–water partition coefficient (Wildman–Crippen LogP) is 3.78. The van der Waals surface area contributed by atoms with E-state index in [1.165, 1.54) is 0 Å². The second-order valence-electron chi connectivity index (χ2n) is 8.23. The number of ether oxygens (including phenoxy) is 1. The van der Waals surface area contributed by atoms with Crippen molar-refractivity contribution >= 4 is 39.9 Å². The summed E-state index contributed by atoms with van der Waals surface area (Å²) in [7, 11) is 0. The number of fused-ring (bicyclic) bond motifs is 1. The van der Waals surface area contributed by atoms with E-state index in [0.29, 0.717) is 36.8 Å². The molecule has 1 unspecified atom stereocenters. The Hall–Kier alpha value is -3.81. The van der Waals surface area contributed by atoms with Crippen LogP contribution in [0.5, 0.6) is 5.75 Å². The number of amides is 3. The van der Waals surface area contributed by atoms with Gasteiger partial charge < -0.3 is 21.1 Å². The molecule has 2 heterocycles. The molecule has 8 heteroatoms. The van der Waals surface area contributed by atoms with Crippen molar-refractivity contribution in [2.45, 2.75) is 26.4 Å². The zero-order chi connectivity index (χ0) is 22.7. The standard InChI is InChI=1S/C24H27N5O3/c1-15(2)13-21(32-19-8-3-16-9-10-26-22(25)20(16)14-19)23(30)28-17-4-6-18(7-5-17)29-12-11-27-24(29)31/h3-10,14-15,21H,11-13H2,1-2H3,(H2,25,26)(H,27,31)(H,28,30). The van der Waals surface area contributed by atoms with Crippen LogP contribution in [0, 0.1) is 5.92 Å². The number of rotatable bonds is 7. The van der Waals surface area contributed by atoms with Gasteiger partial charge in [0.15, 0.2) is 6.10 Å². The molecule has 0 spiro atoms. The smallest absolute Gasteiger partial charge is 0.321 e. The van der Waals surface area contributed by atoms with Crippen molar-refractivity contribution in [1.82, 2.24) is 10.3 Å². The lowest BCUT2D eigenvalue weighted by Crippen LogP contribution is -2.34. The Bertz CT molecular complexity index is 1130. The Morgan fingerprint density at radius 2 is 2.00 bits per heavy atom. The van der Waals surface area contributed by atoms with E-state index in [1.807, 2.05) is 50.2 Å². The molecule has 1 aliphatic rings. The van der Waals surface area contributed by atoms with E-state index in [-0.39, 0.29) is 17.9 Å². The lowest BCUT2D eigenvalue weighted by molar-refractivity contribution is -0.123. The second kappa shape index (κ2) is 9.13. The average molecular weight is 434 g/mol. The maximum atomic E-state index is 13.0. The molecule has 1 aliphatic heterocycles. The van der Waals surface area contributed by atoms with Crippen LogP contribution >= 0.6 is 0 Å². The fourth-order valence-electron chi connectivity index (χ4n) is 3.71. The van der Waals surface area contributed by atoms with E-state index in [1.54, 1.807) is 23.2 Å². The summed E-state index contributed by atoms with van der Waals surface area (Å²) in [5.41, 5.74) is 7.42. The Balaban J connectivity index is 1.48. The van der Waals surface area contributed by atoms with E-state index in [9.17, 15) is 9.59 Å². The minimum atomic E-state index is -0.672.